The highest BCUT2D eigenvalue weighted by Crippen LogP contribution is 2.29. The van der Waals surface area contributed by atoms with Gasteiger partial charge >= 0.3 is 0 Å². The SMILES string of the molecule is Cc1cc(C)c2cc(C(c3nnnn3CCc3ccccc3)N3CCN(Cc4ccccc4)CC3)c(=O)[nH]c2c1. The minimum Gasteiger partial charge on any atom is -0.322 e. The van der Waals surface area contributed by atoms with Crippen molar-refractivity contribution in [1.29, 1.82) is 0 Å². The minimum absolute atomic E-state index is 0.0909. The van der Waals surface area contributed by atoms with Gasteiger partial charge in [-0.3, -0.25) is 14.6 Å². The van der Waals surface area contributed by atoms with E-state index in [1.54, 1.807) is 0 Å². The number of rotatable bonds is 8. The lowest BCUT2D eigenvalue weighted by Gasteiger charge is -2.38. The van der Waals surface area contributed by atoms with Gasteiger partial charge in [0, 0.05) is 55.7 Å². The number of pyridine rings is 1. The number of hydrogen-bond donors (Lipinski definition) is 1. The molecule has 0 radical (unpaired) electrons. The van der Waals surface area contributed by atoms with Crippen molar-refractivity contribution >= 4 is 10.9 Å². The van der Waals surface area contributed by atoms with Gasteiger partial charge in [0.1, 0.15) is 6.04 Å². The van der Waals surface area contributed by atoms with Crippen molar-refractivity contribution in [2.75, 3.05) is 26.2 Å². The molecule has 204 valence electrons. The Kier molecular flexibility index (Phi) is 7.53. The predicted molar refractivity (Wildman–Crippen MR) is 157 cm³/mol. The molecule has 5 aromatic rings. The van der Waals surface area contributed by atoms with Gasteiger partial charge in [0.15, 0.2) is 5.82 Å². The average molecular weight is 534 g/mol. The standard InChI is InChI=1S/C32H35N7O/c1-23-19-24(2)27-21-28(32(40)33-29(27)20-23)30(31-34-35-36-39(31)14-13-25-9-5-3-6-10-25)38-17-15-37(16-18-38)22-26-11-7-4-8-12-26/h3-12,19-21,30H,13-18,22H2,1-2H3,(H,33,40). The van der Waals surface area contributed by atoms with E-state index in [-0.39, 0.29) is 11.6 Å². The van der Waals surface area contributed by atoms with Crippen molar-refractivity contribution in [3.05, 3.63) is 123 Å². The molecule has 0 saturated carbocycles. The third kappa shape index (κ3) is 5.59. The maximum Gasteiger partial charge on any atom is 0.253 e. The zero-order valence-electron chi connectivity index (χ0n) is 23.1. The van der Waals surface area contributed by atoms with E-state index in [1.165, 1.54) is 11.1 Å². The van der Waals surface area contributed by atoms with Crippen LogP contribution in [0.1, 0.15) is 39.7 Å². The molecule has 1 N–H and O–H groups in total. The maximum atomic E-state index is 13.7. The molecule has 1 atom stereocenters. The molecule has 8 heteroatoms. The molecular formula is C32H35N7O. The fourth-order valence-corrected chi connectivity index (χ4v) is 5.86. The van der Waals surface area contributed by atoms with Crippen molar-refractivity contribution in [3.63, 3.8) is 0 Å². The van der Waals surface area contributed by atoms with Crippen LogP contribution in [-0.4, -0.2) is 61.2 Å². The third-order valence-corrected chi connectivity index (χ3v) is 7.92. The van der Waals surface area contributed by atoms with E-state index in [2.05, 4.69) is 98.8 Å². The fraction of sp³-hybridized carbons (Fsp3) is 0.312. The summed E-state index contributed by atoms with van der Waals surface area (Å²) in [7, 11) is 0. The predicted octanol–water partition coefficient (Wildman–Crippen LogP) is 4.28. The van der Waals surface area contributed by atoms with Crippen molar-refractivity contribution in [2.45, 2.75) is 39.4 Å². The van der Waals surface area contributed by atoms with Gasteiger partial charge in [-0.05, 0) is 65.1 Å². The average Bonchev–Trinajstić information content (AvgIpc) is 3.42. The molecule has 3 aromatic carbocycles. The first kappa shape index (κ1) is 26.1. The summed E-state index contributed by atoms with van der Waals surface area (Å²) in [6.45, 7) is 9.14. The first-order valence-electron chi connectivity index (χ1n) is 14.0. The number of fused-ring (bicyclic) bond motifs is 1. The van der Waals surface area contributed by atoms with Crippen LogP contribution in [0.2, 0.25) is 0 Å². The molecule has 0 amide bonds. The smallest absolute Gasteiger partial charge is 0.253 e. The van der Waals surface area contributed by atoms with Crippen LogP contribution in [-0.2, 0) is 19.5 Å². The molecule has 1 fully saturated rings. The van der Waals surface area contributed by atoms with E-state index < -0.39 is 0 Å². The highest BCUT2D eigenvalue weighted by molar-refractivity contribution is 5.83. The molecule has 2 aromatic heterocycles. The van der Waals surface area contributed by atoms with E-state index in [1.807, 2.05) is 28.9 Å². The van der Waals surface area contributed by atoms with E-state index in [9.17, 15) is 4.79 Å². The van der Waals surface area contributed by atoms with Crippen molar-refractivity contribution in [1.82, 2.24) is 35.0 Å². The summed E-state index contributed by atoms with van der Waals surface area (Å²) in [4.78, 5) is 21.7. The van der Waals surface area contributed by atoms with E-state index >= 15 is 0 Å². The zero-order valence-corrected chi connectivity index (χ0v) is 23.1. The number of hydrogen-bond acceptors (Lipinski definition) is 6. The Hall–Kier alpha value is -4.14. The van der Waals surface area contributed by atoms with E-state index in [0.717, 1.165) is 61.2 Å². The Bertz CT molecular complexity index is 1640. The number of nitrogens with zero attached hydrogens (tertiary/aromatic N) is 6. The Labute approximate surface area is 234 Å². The largest absolute Gasteiger partial charge is 0.322 e. The molecule has 1 unspecified atom stereocenters. The number of benzene rings is 3. The molecular weight excluding hydrogens is 498 g/mol. The highest BCUT2D eigenvalue weighted by Gasteiger charge is 2.32. The summed E-state index contributed by atoms with van der Waals surface area (Å²) >= 11 is 0. The number of tetrazole rings is 1. The molecule has 6 rings (SSSR count). The van der Waals surface area contributed by atoms with Crippen LogP contribution in [0.4, 0.5) is 0 Å². The molecule has 1 aliphatic rings. The van der Waals surface area contributed by atoms with Gasteiger partial charge in [-0.25, -0.2) is 4.68 Å². The molecule has 40 heavy (non-hydrogen) atoms. The van der Waals surface area contributed by atoms with Gasteiger partial charge in [-0.1, -0.05) is 66.7 Å². The molecule has 1 aliphatic heterocycles. The topological polar surface area (TPSA) is 82.9 Å². The number of aromatic nitrogens is 5. The van der Waals surface area contributed by atoms with E-state index in [4.69, 9.17) is 0 Å². The second-order valence-corrected chi connectivity index (χ2v) is 10.8. The normalized spacial score (nSPS) is 15.4. The number of aromatic amines is 1. The Morgan fingerprint density at radius 2 is 1.57 bits per heavy atom. The summed E-state index contributed by atoms with van der Waals surface area (Å²) < 4.78 is 1.87. The van der Waals surface area contributed by atoms with Gasteiger partial charge < -0.3 is 4.98 Å². The summed E-state index contributed by atoms with van der Waals surface area (Å²) in [5, 5.41) is 14.0. The lowest BCUT2D eigenvalue weighted by atomic mass is 9.99. The van der Waals surface area contributed by atoms with Crippen molar-refractivity contribution in [3.8, 4) is 0 Å². The van der Waals surface area contributed by atoms with Crippen LogP contribution in [0.3, 0.4) is 0 Å². The first-order chi connectivity index (χ1) is 19.5. The van der Waals surface area contributed by atoms with Crippen LogP contribution in [0, 0.1) is 13.8 Å². The second-order valence-electron chi connectivity index (χ2n) is 10.8. The number of piperazine rings is 1. The number of nitrogens with one attached hydrogen (secondary N) is 1. The molecule has 1 saturated heterocycles. The molecule has 0 bridgehead atoms. The summed E-state index contributed by atoms with van der Waals surface area (Å²) in [5.74, 6) is 0.710. The van der Waals surface area contributed by atoms with Crippen LogP contribution >= 0.6 is 0 Å². The fourth-order valence-electron chi connectivity index (χ4n) is 5.86. The van der Waals surface area contributed by atoms with Crippen molar-refractivity contribution < 1.29 is 0 Å². The van der Waals surface area contributed by atoms with Crippen molar-refractivity contribution in [2.24, 2.45) is 0 Å². The minimum atomic E-state index is -0.349. The summed E-state index contributed by atoms with van der Waals surface area (Å²) in [6, 6.07) is 26.8. The first-order valence-corrected chi connectivity index (χ1v) is 14.0. The Morgan fingerprint density at radius 3 is 2.30 bits per heavy atom. The molecule has 0 spiro atoms. The van der Waals surface area contributed by atoms with Crippen LogP contribution in [0.5, 0.6) is 0 Å². The number of aryl methyl sites for hydroxylation is 4. The lowest BCUT2D eigenvalue weighted by molar-refractivity contribution is 0.0996. The maximum absolute atomic E-state index is 13.7. The van der Waals surface area contributed by atoms with Crippen LogP contribution < -0.4 is 5.56 Å². The van der Waals surface area contributed by atoms with Gasteiger partial charge in [0.2, 0.25) is 0 Å². The monoisotopic (exact) mass is 533 g/mol. The van der Waals surface area contributed by atoms with Crippen LogP contribution in [0.15, 0.2) is 83.7 Å². The zero-order chi connectivity index (χ0) is 27.5. The van der Waals surface area contributed by atoms with Gasteiger partial charge in [0.25, 0.3) is 5.56 Å². The van der Waals surface area contributed by atoms with Gasteiger partial charge in [-0.15, -0.1) is 5.10 Å². The molecule has 3 heterocycles. The Balaban J connectivity index is 1.34. The summed E-state index contributed by atoms with van der Waals surface area (Å²) in [5.41, 5.74) is 6.27. The number of H-pyrrole nitrogens is 1. The molecule has 8 nitrogen and oxygen atoms in total. The Morgan fingerprint density at radius 1 is 0.875 bits per heavy atom. The van der Waals surface area contributed by atoms with Crippen LogP contribution in [0.25, 0.3) is 10.9 Å². The van der Waals surface area contributed by atoms with Gasteiger partial charge in [0.05, 0.1) is 0 Å². The lowest BCUT2D eigenvalue weighted by Crippen LogP contribution is -2.48. The molecule has 0 aliphatic carbocycles. The third-order valence-electron chi connectivity index (χ3n) is 7.92. The van der Waals surface area contributed by atoms with E-state index in [0.29, 0.717) is 17.9 Å². The quantitative estimate of drug-likeness (QED) is 0.321. The van der Waals surface area contributed by atoms with Gasteiger partial charge in [-0.2, -0.15) is 0 Å². The second kappa shape index (κ2) is 11.5. The summed E-state index contributed by atoms with van der Waals surface area (Å²) in [6.07, 6.45) is 0.808. The highest BCUT2D eigenvalue weighted by atomic mass is 16.1.